The first-order chi connectivity index (χ1) is 5.74. The topological polar surface area (TPSA) is 52.6 Å². The minimum Gasteiger partial charge on any atom is -0.459 e. The lowest BCUT2D eigenvalue weighted by molar-refractivity contribution is -0.152. The summed E-state index contributed by atoms with van der Waals surface area (Å²) in [6, 6.07) is 0. The first kappa shape index (κ1) is 8.52. The summed E-state index contributed by atoms with van der Waals surface area (Å²) in [6.45, 7) is 1.63. The summed E-state index contributed by atoms with van der Waals surface area (Å²) >= 11 is 0. The van der Waals surface area contributed by atoms with E-state index in [0.717, 1.165) is 0 Å². The predicted molar refractivity (Wildman–Crippen MR) is 39.9 cm³/mol. The van der Waals surface area contributed by atoms with Gasteiger partial charge in [-0.15, -0.1) is 0 Å². The summed E-state index contributed by atoms with van der Waals surface area (Å²) in [5, 5.41) is 0. The van der Waals surface area contributed by atoms with Crippen LogP contribution in [0.3, 0.4) is 0 Å². The smallest absolute Gasteiger partial charge is 0.336 e. The second-order valence-corrected chi connectivity index (χ2v) is 2.22. The van der Waals surface area contributed by atoms with Crippen LogP contribution in [0.1, 0.15) is 6.92 Å². The molecule has 1 unspecified atom stereocenters. The maximum atomic E-state index is 10.8. The van der Waals surface area contributed by atoms with Crippen LogP contribution >= 0.6 is 0 Å². The molecule has 0 aromatic rings. The molecule has 64 valence electrons. The van der Waals surface area contributed by atoms with Crippen molar-refractivity contribution < 1.29 is 19.1 Å². The lowest BCUT2D eigenvalue weighted by atomic mass is 10.3. The lowest BCUT2D eigenvalue weighted by Crippen LogP contribution is -2.08. The van der Waals surface area contributed by atoms with E-state index < -0.39 is 6.29 Å². The average molecular weight is 168 g/mol. The van der Waals surface area contributed by atoms with Gasteiger partial charge in [0.1, 0.15) is 6.29 Å². The molecule has 1 aliphatic heterocycles. The van der Waals surface area contributed by atoms with Crippen LogP contribution in [0.25, 0.3) is 0 Å². The summed E-state index contributed by atoms with van der Waals surface area (Å²) in [6.07, 6.45) is 3.79. The van der Waals surface area contributed by atoms with Crippen molar-refractivity contribution in [3.63, 3.8) is 0 Å². The van der Waals surface area contributed by atoms with Gasteiger partial charge in [-0.25, -0.2) is 4.79 Å². The zero-order chi connectivity index (χ0) is 8.97. The molecule has 0 fully saturated rings. The van der Waals surface area contributed by atoms with Gasteiger partial charge >= 0.3 is 5.97 Å². The van der Waals surface area contributed by atoms with Gasteiger partial charge in [0, 0.05) is 17.7 Å². The molecule has 4 nitrogen and oxygen atoms in total. The third kappa shape index (κ3) is 1.95. The minimum absolute atomic E-state index is 0.389. The number of allylic oxidation sites excluding steroid dienone is 1. The van der Waals surface area contributed by atoms with E-state index in [1.54, 1.807) is 6.92 Å². The number of ether oxygens (including phenoxy) is 2. The van der Waals surface area contributed by atoms with Crippen LogP contribution in [0.4, 0.5) is 0 Å². The predicted octanol–water partition coefficient (Wildman–Crippen LogP) is 0.545. The normalized spacial score (nSPS) is 22.2. The molecular formula is C8H8O4. The van der Waals surface area contributed by atoms with Gasteiger partial charge in [-0.1, -0.05) is 0 Å². The SMILES string of the molecule is CC1=CC(OC=CC=O)OC1=O. The number of carbonyl (C=O) groups is 2. The summed E-state index contributed by atoms with van der Waals surface area (Å²) in [7, 11) is 0. The number of cyclic esters (lactones) is 1. The van der Waals surface area contributed by atoms with Gasteiger partial charge in [-0.2, -0.15) is 0 Å². The van der Waals surface area contributed by atoms with Crippen molar-refractivity contribution in [2.24, 2.45) is 0 Å². The Labute approximate surface area is 69.5 Å². The van der Waals surface area contributed by atoms with E-state index in [1.165, 1.54) is 18.4 Å². The maximum Gasteiger partial charge on any atom is 0.336 e. The molecule has 4 heteroatoms. The van der Waals surface area contributed by atoms with Gasteiger partial charge in [-0.3, -0.25) is 4.79 Å². The maximum absolute atomic E-state index is 10.8. The molecule has 1 heterocycles. The average Bonchev–Trinajstić information content (AvgIpc) is 2.32. The second-order valence-electron chi connectivity index (χ2n) is 2.22. The van der Waals surface area contributed by atoms with Crippen LogP contribution in [-0.2, 0) is 19.1 Å². The van der Waals surface area contributed by atoms with Gasteiger partial charge in [0.25, 0.3) is 6.29 Å². The Kier molecular flexibility index (Phi) is 2.63. The molecule has 0 saturated heterocycles. The molecule has 1 atom stereocenters. The Morgan fingerprint density at radius 3 is 2.92 bits per heavy atom. The fraction of sp³-hybridized carbons (Fsp3) is 0.250. The molecule has 12 heavy (non-hydrogen) atoms. The third-order valence-electron chi connectivity index (χ3n) is 1.30. The number of hydrogen-bond donors (Lipinski definition) is 0. The lowest BCUT2D eigenvalue weighted by Gasteiger charge is -2.05. The van der Waals surface area contributed by atoms with Crippen molar-refractivity contribution in [3.8, 4) is 0 Å². The molecular weight excluding hydrogens is 160 g/mol. The van der Waals surface area contributed by atoms with Gasteiger partial charge in [-0.05, 0) is 6.92 Å². The Morgan fingerprint density at radius 2 is 2.42 bits per heavy atom. The highest BCUT2D eigenvalue weighted by atomic mass is 16.7. The zero-order valence-electron chi connectivity index (χ0n) is 6.52. The Balaban J connectivity index is 2.42. The Bertz CT molecular complexity index is 252. The highest BCUT2D eigenvalue weighted by molar-refractivity contribution is 5.89. The first-order valence-corrected chi connectivity index (χ1v) is 3.39. The van der Waals surface area contributed by atoms with E-state index >= 15 is 0 Å². The van der Waals surface area contributed by atoms with E-state index in [4.69, 9.17) is 9.47 Å². The molecule has 0 aromatic heterocycles. The van der Waals surface area contributed by atoms with Gasteiger partial charge in [0.15, 0.2) is 0 Å². The largest absolute Gasteiger partial charge is 0.459 e. The summed E-state index contributed by atoms with van der Waals surface area (Å²) in [5.41, 5.74) is 0.513. The molecule has 0 radical (unpaired) electrons. The fourth-order valence-electron chi connectivity index (χ4n) is 0.727. The Hall–Kier alpha value is -1.58. The van der Waals surface area contributed by atoms with Crippen molar-refractivity contribution in [3.05, 3.63) is 24.0 Å². The monoisotopic (exact) mass is 168 g/mol. The van der Waals surface area contributed by atoms with Crippen molar-refractivity contribution >= 4 is 12.3 Å². The van der Waals surface area contributed by atoms with Crippen LogP contribution in [0.15, 0.2) is 24.0 Å². The summed E-state index contributed by atoms with van der Waals surface area (Å²) < 4.78 is 9.55. The first-order valence-electron chi connectivity index (χ1n) is 3.39. The van der Waals surface area contributed by atoms with Crippen molar-refractivity contribution in [1.29, 1.82) is 0 Å². The fourth-order valence-corrected chi connectivity index (χ4v) is 0.727. The van der Waals surface area contributed by atoms with Crippen LogP contribution in [0, 0.1) is 0 Å². The van der Waals surface area contributed by atoms with Crippen molar-refractivity contribution in [2.45, 2.75) is 13.2 Å². The van der Waals surface area contributed by atoms with Crippen molar-refractivity contribution in [2.75, 3.05) is 0 Å². The number of rotatable bonds is 3. The van der Waals surface area contributed by atoms with Gasteiger partial charge in [0.05, 0.1) is 6.26 Å². The van der Waals surface area contributed by atoms with Crippen LogP contribution in [0.2, 0.25) is 0 Å². The molecule has 1 rings (SSSR count). The summed E-state index contributed by atoms with van der Waals surface area (Å²) in [4.78, 5) is 20.6. The van der Waals surface area contributed by atoms with Crippen LogP contribution < -0.4 is 0 Å². The molecule has 0 saturated carbocycles. The molecule has 0 spiro atoms. The van der Waals surface area contributed by atoms with Crippen LogP contribution in [-0.4, -0.2) is 18.5 Å². The second kappa shape index (κ2) is 3.71. The number of esters is 1. The highest BCUT2D eigenvalue weighted by Crippen LogP contribution is 2.13. The van der Waals surface area contributed by atoms with E-state index in [1.807, 2.05) is 0 Å². The van der Waals surface area contributed by atoms with E-state index in [0.29, 0.717) is 11.9 Å². The molecule has 0 aliphatic carbocycles. The van der Waals surface area contributed by atoms with E-state index in [2.05, 4.69) is 0 Å². The molecule has 0 amide bonds. The Morgan fingerprint density at radius 1 is 1.67 bits per heavy atom. The summed E-state index contributed by atoms with van der Waals surface area (Å²) in [5.74, 6) is -0.389. The van der Waals surface area contributed by atoms with Crippen LogP contribution in [0.5, 0.6) is 0 Å². The number of aldehydes is 1. The standard InChI is InChI=1S/C8H8O4/c1-6-5-7(12-8(6)10)11-4-2-3-9/h2-5,7H,1H3. The number of hydrogen-bond acceptors (Lipinski definition) is 4. The minimum atomic E-state index is -0.686. The van der Waals surface area contributed by atoms with Gasteiger partial charge < -0.3 is 9.47 Å². The quantitative estimate of drug-likeness (QED) is 0.267. The van der Waals surface area contributed by atoms with E-state index in [9.17, 15) is 9.59 Å². The van der Waals surface area contributed by atoms with E-state index in [-0.39, 0.29) is 5.97 Å². The molecule has 0 N–H and O–H groups in total. The van der Waals surface area contributed by atoms with Gasteiger partial charge in [0.2, 0.25) is 0 Å². The zero-order valence-corrected chi connectivity index (χ0v) is 6.52. The highest BCUT2D eigenvalue weighted by Gasteiger charge is 2.21. The molecule has 0 aromatic carbocycles. The molecule has 1 aliphatic rings. The molecule has 0 bridgehead atoms. The third-order valence-corrected chi connectivity index (χ3v) is 1.30. The van der Waals surface area contributed by atoms with Crippen molar-refractivity contribution in [1.82, 2.24) is 0 Å². The number of carbonyl (C=O) groups excluding carboxylic acids is 2.